The maximum atomic E-state index is 15.3. The second kappa shape index (κ2) is 8.71. The Bertz CT molecular complexity index is 1280. The van der Waals surface area contributed by atoms with Crippen molar-refractivity contribution in [1.82, 2.24) is 19.9 Å². The Hall–Kier alpha value is -3.33. The van der Waals surface area contributed by atoms with E-state index in [4.69, 9.17) is 4.74 Å². The summed E-state index contributed by atoms with van der Waals surface area (Å²) in [6.45, 7) is 10.3. The molecule has 9 heteroatoms. The molecule has 0 bridgehead atoms. The van der Waals surface area contributed by atoms with Crippen molar-refractivity contribution in [3.8, 4) is 17.0 Å². The number of hydrogen-bond acceptors (Lipinski definition) is 7. The number of aromatic nitrogens is 3. The molecule has 7 nitrogen and oxygen atoms in total. The van der Waals surface area contributed by atoms with E-state index < -0.39 is 17.2 Å². The lowest BCUT2D eigenvalue weighted by molar-refractivity contribution is 0.0960. The minimum Gasteiger partial charge on any atom is -0.481 e. The summed E-state index contributed by atoms with van der Waals surface area (Å²) in [5.74, 6) is -0.229. The molecule has 2 aromatic heterocycles. The van der Waals surface area contributed by atoms with Gasteiger partial charge in [0.2, 0.25) is 5.95 Å². The zero-order valence-electron chi connectivity index (χ0n) is 20.7. The summed E-state index contributed by atoms with van der Waals surface area (Å²) >= 11 is 0. The molecule has 4 heterocycles. The highest BCUT2D eigenvalue weighted by molar-refractivity contribution is 5.73. The lowest BCUT2D eigenvalue weighted by Gasteiger charge is -2.44. The SMILES string of the molecule is CCC(C)N1CC(C)(C)Oc2c(F)cc(-c3nc(Nc4cc5c(cn4)CN(C)C5)ncc3F)cc21. The lowest BCUT2D eigenvalue weighted by atomic mass is 10.00. The van der Waals surface area contributed by atoms with Gasteiger partial charge < -0.3 is 15.0 Å². The quantitative estimate of drug-likeness (QED) is 0.533. The molecule has 184 valence electrons. The Morgan fingerprint density at radius 1 is 1.09 bits per heavy atom. The van der Waals surface area contributed by atoms with Crippen LogP contribution in [0.15, 0.2) is 30.6 Å². The van der Waals surface area contributed by atoms with Gasteiger partial charge in [-0.15, -0.1) is 0 Å². The van der Waals surface area contributed by atoms with E-state index in [0.717, 1.165) is 25.7 Å². The molecule has 5 rings (SSSR count). The number of hydrogen-bond donors (Lipinski definition) is 1. The molecular formula is C26H30F2N6O. The van der Waals surface area contributed by atoms with E-state index in [9.17, 15) is 4.39 Å². The first-order valence-corrected chi connectivity index (χ1v) is 11.9. The van der Waals surface area contributed by atoms with Gasteiger partial charge in [-0.2, -0.15) is 0 Å². The molecule has 1 unspecified atom stereocenters. The zero-order chi connectivity index (χ0) is 24.9. The molecule has 35 heavy (non-hydrogen) atoms. The van der Waals surface area contributed by atoms with Crippen molar-refractivity contribution in [3.05, 3.63) is 53.4 Å². The molecule has 1 aromatic carbocycles. The Labute approximate surface area is 204 Å². The summed E-state index contributed by atoms with van der Waals surface area (Å²) in [7, 11) is 2.05. The van der Waals surface area contributed by atoms with Crippen LogP contribution in [-0.2, 0) is 13.1 Å². The largest absolute Gasteiger partial charge is 0.481 e. The van der Waals surface area contributed by atoms with E-state index >= 15 is 4.39 Å². The van der Waals surface area contributed by atoms with Crippen molar-refractivity contribution in [2.24, 2.45) is 0 Å². The van der Waals surface area contributed by atoms with Gasteiger partial charge in [0.05, 0.1) is 18.4 Å². The van der Waals surface area contributed by atoms with Gasteiger partial charge in [-0.1, -0.05) is 6.92 Å². The van der Waals surface area contributed by atoms with Gasteiger partial charge >= 0.3 is 0 Å². The maximum Gasteiger partial charge on any atom is 0.229 e. The molecule has 0 radical (unpaired) electrons. The van der Waals surface area contributed by atoms with Gasteiger partial charge in [0, 0.05) is 30.9 Å². The third-order valence-electron chi connectivity index (χ3n) is 6.61. The van der Waals surface area contributed by atoms with Crippen molar-refractivity contribution >= 4 is 17.5 Å². The minimum absolute atomic E-state index is 0.0130. The second-order valence-electron chi connectivity index (χ2n) is 10.1. The number of nitrogens with one attached hydrogen (secondary N) is 1. The van der Waals surface area contributed by atoms with Crippen LogP contribution in [0.25, 0.3) is 11.3 Å². The molecule has 0 amide bonds. The van der Waals surface area contributed by atoms with Crippen LogP contribution in [0.1, 0.15) is 45.2 Å². The van der Waals surface area contributed by atoms with E-state index in [2.05, 4.69) is 51.0 Å². The highest BCUT2D eigenvalue weighted by Crippen LogP contribution is 2.43. The minimum atomic E-state index is -0.634. The molecule has 2 aliphatic heterocycles. The van der Waals surface area contributed by atoms with Crippen LogP contribution in [0, 0.1) is 11.6 Å². The fourth-order valence-electron chi connectivity index (χ4n) is 4.71. The number of halogens is 2. The first-order valence-electron chi connectivity index (χ1n) is 11.9. The number of benzene rings is 1. The molecular weight excluding hydrogens is 450 g/mol. The van der Waals surface area contributed by atoms with Crippen LogP contribution < -0.4 is 15.0 Å². The molecule has 1 atom stereocenters. The first kappa shape index (κ1) is 23.4. The predicted octanol–water partition coefficient (Wildman–Crippen LogP) is 5.28. The van der Waals surface area contributed by atoms with E-state index in [1.54, 1.807) is 6.07 Å². The van der Waals surface area contributed by atoms with Crippen molar-refractivity contribution in [2.75, 3.05) is 23.8 Å². The maximum absolute atomic E-state index is 15.3. The fourth-order valence-corrected chi connectivity index (χ4v) is 4.71. The fraction of sp³-hybridized carbons (Fsp3) is 0.423. The van der Waals surface area contributed by atoms with Crippen molar-refractivity contribution in [1.29, 1.82) is 0 Å². The lowest BCUT2D eigenvalue weighted by Crippen LogP contribution is -2.50. The number of rotatable bonds is 5. The molecule has 0 saturated carbocycles. The molecule has 0 saturated heterocycles. The number of pyridine rings is 1. The van der Waals surface area contributed by atoms with Gasteiger partial charge in [-0.05, 0) is 63.6 Å². The van der Waals surface area contributed by atoms with Gasteiger partial charge in [0.15, 0.2) is 17.4 Å². The number of fused-ring (bicyclic) bond motifs is 2. The van der Waals surface area contributed by atoms with Crippen LogP contribution in [0.2, 0.25) is 0 Å². The summed E-state index contributed by atoms with van der Waals surface area (Å²) in [5, 5.41) is 3.06. The van der Waals surface area contributed by atoms with Crippen LogP contribution in [0.5, 0.6) is 5.75 Å². The summed E-state index contributed by atoms with van der Waals surface area (Å²) in [5.41, 5.74) is 2.75. The third-order valence-corrected chi connectivity index (χ3v) is 6.61. The number of nitrogens with zero attached hydrogens (tertiary/aromatic N) is 5. The monoisotopic (exact) mass is 480 g/mol. The van der Waals surface area contributed by atoms with Crippen molar-refractivity contribution < 1.29 is 13.5 Å². The topological polar surface area (TPSA) is 66.4 Å². The average Bonchev–Trinajstić information content (AvgIpc) is 3.18. The van der Waals surface area contributed by atoms with Crippen molar-refractivity contribution in [2.45, 2.75) is 58.8 Å². The Morgan fingerprint density at radius 2 is 1.86 bits per heavy atom. The molecule has 0 fully saturated rings. The van der Waals surface area contributed by atoms with E-state index in [0.29, 0.717) is 23.6 Å². The van der Waals surface area contributed by atoms with Gasteiger partial charge in [0.1, 0.15) is 17.1 Å². The molecule has 2 aliphatic rings. The Morgan fingerprint density at radius 3 is 2.63 bits per heavy atom. The number of ether oxygens (including phenoxy) is 1. The first-order chi connectivity index (χ1) is 16.6. The Balaban J connectivity index is 1.51. The summed E-state index contributed by atoms with van der Waals surface area (Å²) in [6.07, 6.45) is 3.80. The van der Waals surface area contributed by atoms with Crippen LogP contribution in [-0.4, -0.2) is 45.1 Å². The average molecular weight is 481 g/mol. The van der Waals surface area contributed by atoms with Gasteiger partial charge in [-0.25, -0.2) is 23.7 Å². The summed E-state index contributed by atoms with van der Waals surface area (Å²) in [6, 6.07) is 5.13. The van der Waals surface area contributed by atoms with Crippen LogP contribution >= 0.6 is 0 Å². The van der Waals surface area contributed by atoms with Crippen molar-refractivity contribution in [3.63, 3.8) is 0 Å². The highest BCUT2D eigenvalue weighted by atomic mass is 19.1. The molecule has 0 spiro atoms. The Kier molecular flexibility index (Phi) is 5.83. The smallest absolute Gasteiger partial charge is 0.229 e. The second-order valence-corrected chi connectivity index (χ2v) is 10.1. The van der Waals surface area contributed by atoms with E-state index in [-0.39, 0.29) is 23.4 Å². The predicted molar refractivity (Wildman–Crippen MR) is 132 cm³/mol. The van der Waals surface area contributed by atoms with E-state index in [1.165, 1.54) is 17.2 Å². The molecule has 1 N–H and O–H groups in total. The summed E-state index contributed by atoms with van der Waals surface area (Å²) in [4.78, 5) is 17.2. The van der Waals surface area contributed by atoms with Gasteiger partial charge in [0.25, 0.3) is 0 Å². The highest BCUT2D eigenvalue weighted by Gasteiger charge is 2.36. The van der Waals surface area contributed by atoms with E-state index in [1.807, 2.05) is 26.1 Å². The zero-order valence-corrected chi connectivity index (χ0v) is 20.7. The normalized spacial score (nSPS) is 17.5. The van der Waals surface area contributed by atoms with Crippen LogP contribution in [0.3, 0.4) is 0 Å². The third kappa shape index (κ3) is 4.52. The standard InChI is InChI=1S/C26H30F2N6O/c1-6-15(2)34-14-26(3,4)35-24-19(27)7-16(8-21(24)34)23-20(28)11-30-25(32-23)31-22-9-17-12-33(5)13-18(17)10-29-22/h7-11,15H,6,12-14H2,1-5H3,(H,29,30,31,32). The summed E-state index contributed by atoms with van der Waals surface area (Å²) < 4.78 is 36.2. The van der Waals surface area contributed by atoms with Gasteiger partial charge in [-0.3, -0.25) is 4.90 Å². The molecule has 0 aliphatic carbocycles. The number of anilines is 3. The molecule has 3 aromatic rings. The van der Waals surface area contributed by atoms with Crippen LogP contribution in [0.4, 0.5) is 26.2 Å².